The van der Waals surface area contributed by atoms with E-state index in [1.54, 1.807) is 49.6 Å². The molecule has 0 radical (unpaired) electrons. The standard InChI is InChI=1S/C19H17BrN2O3/c1-3-25-18-8-7-13(10-17(18)20)9-14(12-21)19(23)22-15-5-4-6-16(11-15)24-2/h4-11H,3H2,1-2H3,(H,22,23)/b14-9+. The Labute approximate surface area is 155 Å². The molecule has 0 aliphatic carbocycles. The molecule has 0 heterocycles. The second-order valence-corrected chi connectivity index (χ2v) is 5.83. The fourth-order valence-corrected chi connectivity index (χ4v) is 2.60. The monoisotopic (exact) mass is 400 g/mol. The van der Waals surface area contributed by atoms with E-state index in [4.69, 9.17) is 9.47 Å². The number of nitrogens with one attached hydrogen (secondary N) is 1. The average molecular weight is 401 g/mol. The minimum absolute atomic E-state index is 0.00104. The number of hydrogen-bond acceptors (Lipinski definition) is 4. The number of carbonyl (C=O) groups is 1. The second-order valence-electron chi connectivity index (χ2n) is 4.98. The lowest BCUT2D eigenvalue weighted by Crippen LogP contribution is -2.13. The minimum Gasteiger partial charge on any atom is -0.497 e. The van der Waals surface area contributed by atoms with Crippen LogP contribution in [0.1, 0.15) is 12.5 Å². The molecule has 0 aromatic heterocycles. The van der Waals surface area contributed by atoms with Crippen LogP contribution >= 0.6 is 15.9 Å². The Hall–Kier alpha value is -2.78. The first-order valence-electron chi connectivity index (χ1n) is 7.57. The van der Waals surface area contributed by atoms with Crippen LogP contribution in [0.15, 0.2) is 52.5 Å². The summed E-state index contributed by atoms with van der Waals surface area (Å²) in [5.74, 6) is 0.843. The molecule has 0 unspecified atom stereocenters. The van der Waals surface area contributed by atoms with Gasteiger partial charge in [0.15, 0.2) is 0 Å². The van der Waals surface area contributed by atoms with Crippen molar-refractivity contribution in [1.29, 1.82) is 5.26 Å². The van der Waals surface area contributed by atoms with E-state index in [2.05, 4.69) is 21.2 Å². The van der Waals surface area contributed by atoms with Crippen LogP contribution in [-0.2, 0) is 4.79 Å². The lowest BCUT2D eigenvalue weighted by molar-refractivity contribution is -0.112. The number of anilines is 1. The highest BCUT2D eigenvalue weighted by molar-refractivity contribution is 9.10. The van der Waals surface area contributed by atoms with Gasteiger partial charge in [-0.2, -0.15) is 5.26 Å². The fraction of sp³-hybridized carbons (Fsp3) is 0.158. The van der Waals surface area contributed by atoms with Crippen LogP contribution in [0.3, 0.4) is 0 Å². The molecular weight excluding hydrogens is 384 g/mol. The molecule has 0 saturated carbocycles. The highest BCUT2D eigenvalue weighted by Gasteiger charge is 2.11. The Morgan fingerprint density at radius 2 is 2.12 bits per heavy atom. The first-order chi connectivity index (χ1) is 12.1. The zero-order chi connectivity index (χ0) is 18.2. The predicted molar refractivity (Wildman–Crippen MR) is 101 cm³/mol. The Morgan fingerprint density at radius 1 is 1.32 bits per heavy atom. The molecular formula is C19H17BrN2O3. The van der Waals surface area contributed by atoms with Gasteiger partial charge >= 0.3 is 0 Å². The minimum atomic E-state index is -0.485. The first-order valence-corrected chi connectivity index (χ1v) is 8.36. The van der Waals surface area contributed by atoms with Gasteiger partial charge in [-0.15, -0.1) is 0 Å². The van der Waals surface area contributed by atoms with Crippen LogP contribution in [0.2, 0.25) is 0 Å². The Morgan fingerprint density at radius 3 is 2.76 bits per heavy atom. The molecule has 6 heteroatoms. The fourth-order valence-electron chi connectivity index (χ4n) is 2.09. The van der Waals surface area contributed by atoms with Crippen molar-refractivity contribution in [2.75, 3.05) is 19.0 Å². The van der Waals surface area contributed by atoms with Crippen LogP contribution in [0, 0.1) is 11.3 Å². The third-order valence-corrected chi connectivity index (χ3v) is 3.88. The molecule has 0 saturated heterocycles. The third-order valence-electron chi connectivity index (χ3n) is 3.26. The van der Waals surface area contributed by atoms with E-state index in [1.807, 2.05) is 13.0 Å². The number of hydrogen-bond donors (Lipinski definition) is 1. The maximum atomic E-state index is 12.3. The van der Waals surface area contributed by atoms with Gasteiger partial charge in [-0.1, -0.05) is 12.1 Å². The maximum absolute atomic E-state index is 12.3. The van der Waals surface area contributed by atoms with Gasteiger partial charge < -0.3 is 14.8 Å². The molecule has 2 rings (SSSR count). The Kier molecular flexibility index (Phi) is 6.61. The summed E-state index contributed by atoms with van der Waals surface area (Å²) in [7, 11) is 1.55. The van der Waals surface area contributed by atoms with E-state index < -0.39 is 5.91 Å². The summed E-state index contributed by atoms with van der Waals surface area (Å²) in [6.45, 7) is 2.46. The van der Waals surface area contributed by atoms with Gasteiger partial charge in [0.1, 0.15) is 23.1 Å². The molecule has 1 amide bonds. The molecule has 0 fully saturated rings. The molecule has 0 atom stereocenters. The molecule has 25 heavy (non-hydrogen) atoms. The number of nitrogens with zero attached hydrogens (tertiary/aromatic N) is 1. The van der Waals surface area contributed by atoms with Gasteiger partial charge in [-0.05, 0) is 58.8 Å². The largest absolute Gasteiger partial charge is 0.497 e. The normalized spacial score (nSPS) is 10.7. The lowest BCUT2D eigenvalue weighted by atomic mass is 10.1. The zero-order valence-corrected chi connectivity index (χ0v) is 15.5. The topological polar surface area (TPSA) is 71.3 Å². The van der Waals surface area contributed by atoms with Crippen LogP contribution in [0.5, 0.6) is 11.5 Å². The van der Waals surface area contributed by atoms with Crippen LogP contribution < -0.4 is 14.8 Å². The Balaban J connectivity index is 2.20. The zero-order valence-electron chi connectivity index (χ0n) is 13.9. The summed E-state index contributed by atoms with van der Waals surface area (Å²) >= 11 is 3.42. The summed E-state index contributed by atoms with van der Waals surface area (Å²) in [5.41, 5.74) is 1.27. The molecule has 0 bridgehead atoms. The average Bonchev–Trinajstić information content (AvgIpc) is 2.62. The van der Waals surface area contributed by atoms with Crippen molar-refractivity contribution in [2.45, 2.75) is 6.92 Å². The molecule has 128 valence electrons. The molecule has 2 aromatic carbocycles. The van der Waals surface area contributed by atoms with E-state index in [0.717, 1.165) is 4.47 Å². The van der Waals surface area contributed by atoms with Gasteiger partial charge in [-0.25, -0.2) is 0 Å². The molecule has 0 aliphatic heterocycles. The predicted octanol–water partition coefficient (Wildman–Crippen LogP) is 4.40. The number of amides is 1. The summed E-state index contributed by atoms with van der Waals surface area (Å²) in [5, 5.41) is 12.0. The quantitative estimate of drug-likeness (QED) is 0.575. The molecule has 2 aromatic rings. The van der Waals surface area contributed by atoms with Crippen molar-refractivity contribution in [3.05, 3.63) is 58.1 Å². The number of rotatable bonds is 6. The molecule has 5 nitrogen and oxygen atoms in total. The number of benzene rings is 2. The lowest BCUT2D eigenvalue weighted by Gasteiger charge is -2.08. The van der Waals surface area contributed by atoms with Crippen molar-refractivity contribution >= 4 is 33.6 Å². The van der Waals surface area contributed by atoms with Gasteiger partial charge in [0.2, 0.25) is 0 Å². The smallest absolute Gasteiger partial charge is 0.266 e. The van der Waals surface area contributed by atoms with E-state index in [0.29, 0.717) is 29.4 Å². The highest BCUT2D eigenvalue weighted by atomic mass is 79.9. The summed E-state index contributed by atoms with van der Waals surface area (Å²) in [6.07, 6.45) is 1.52. The number of nitriles is 1. The first kappa shape index (κ1) is 18.6. The molecule has 0 aliphatic rings. The molecule has 0 spiro atoms. The van der Waals surface area contributed by atoms with Crippen molar-refractivity contribution in [2.24, 2.45) is 0 Å². The number of ether oxygens (including phenoxy) is 2. The van der Waals surface area contributed by atoms with Gasteiger partial charge in [0.25, 0.3) is 5.91 Å². The van der Waals surface area contributed by atoms with E-state index in [1.165, 1.54) is 6.08 Å². The number of carbonyl (C=O) groups excluding carboxylic acids is 1. The van der Waals surface area contributed by atoms with E-state index >= 15 is 0 Å². The van der Waals surface area contributed by atoms with Crippen molar-refractivity contribution in [1.82, 2.24) is 0 Å². The van der Waals surface area contributed by atoms with E-state index in [9.17, 15) is 10.1 Å². The Bertz CT molecular complexity index is 841. The third kappa shape index (κ3) is 5.10. The van der Waals surface area contributed by atoms with Crippen molar-refractivity contribution in [3.63, 3.8) is 0 Å². The summed E-state index contributed by atoms with van der Waals surface area (Å²) < 4.78 is 11.3. The SMILES string of the molecule is CCOc1ccc(/C=C(\C#N)C(=O)Nc2cccc(OC)c2)cc1Br. The van der Waals surface area contributed by atoms with E-state index in [-0.39, 0.29) is 5.57 Å². The van der Waals surface area contributed by atoms with Crippen LogP contribution in [0.25, 0.3) is 6.08 Å². The van der Waals surface area contributed by atoms with Gasteiger partial charge in [-0.3, -0.25) is 4.79 Å². The van der Waals surface area contributed by atoms with Crippen molar-refractivity contribution < 1.29 is 14.3 Å². The van der Waals surface area contributed by atoms with Crippen LogP contribution in [-0.4, -0.2) is 19.6 Å². The van der Waals surface area contributed by atoms with Crippen molar-refractivity contribution in [3.8, 4) is 17.6 Å². The van der Waals surface area contributed by atoms with Gasteiger partial charge in [0.05, 0.1) is 18.2 Å². The second kappa shape index (κ2) is 8.90. The summed E-state index contributed by atoms with van der Waals surface area (Å²) in [4.78, 5) is 12.3. The molecule has 1 N–H and O–H groups in total. The number of halogens is 1. The summed E-state index contributed by atoms with van der Waals surface area (Å²) in [6, 6.07) is 14.2. The maximum Gasteiger partial charge on any atom is 0.266 e. The number of methoxy groups -OCH3 is 1. The van der Waals surface area contributed by atoms with Gasteiger partial charge in [0, 0.05) is 11.8 Å². The highest BCUT2D eigenvalue weighted by Crippen LogP contribution is 2.27. The van der Waals surface area contributed by atoms with Crippen LogP contribution in [0.4, 0.5) is 5.69 Å².